The van der Waals surface area contributed by atoms with Gasteiger partial charge in [0.05, 0.1) is 0 Å². The summed E-state index contributed by atoms with van der Waals surface area (Å²) in [6.07, 6.45) is 1.97. The Balaban J connectivity index is 2.88. The largest absolute Gasteiger partial charge is 0.396 e. The number of hydrogen-bond acceptors (Lipinski definition) is 1. The van der Waals surface area contributed by atoms with Crippen LogP contribution in [0.4, 0.5) is 0 Å². The molecule has 0 aromatic heterocycles. The standard InChI is InChI=1S/C13H20O/c1-4-12(7-8-14)13-6-5-10(2)11(3)9-13/h5-6,9,12,14H,4,7-8H2,1-3H3. The van der Waals surface area contributed by atoms with Crippen LogP contribution >= 0.6 is 0 Å². The van der Waals surface area contributed by atoms with Crippen molar-refractivity contribution in [3.05, 3.63) is 34.9 Å². The highest BCUT2D eigenvalue weighted by atomic mass is 16.3. The summed E-state index contributed by atoms with van der Waals surface area (Å²) in [6.45, 7) is 6.73. The van der Waals surface area contributed by atoms with Gasteiger partial charge < -0.3 is 5.11 Å². The number of aryl methyl sites for hydroxylation is 2. The van der Waals surface area contributed by atoms with Crippen molar-refractivity contribution in [3.63, 3.8) is 0 Å². The summed E-state index contributed by atoms with van der Waals surface area (Å²) < 4.78 is 0. The first-order chi connectivity index (χ1) is 6.69. The second-order valence-electron chi connectivity index (χ2n) is 3.96. The van der Waals surface area contributed by atoms with Gasteiger partial charge in [-0.15, -0.1) is 0 Å². The lowest BCUT2D eigenvalue weighted by molar-refractivity contribution is 0.274. The molecule has 0 saturated carbocycles. The number of rotatable bonds is 4. The Kier molecular flexibility index (Phi) is 4.15. The average Bonchev–Trinajstić information content (AvgIpc) is 2.19. The molecule has 14 heavy (non-hydrogen) atoms. The maximum atomic E-state index is 8.95. The molecule has 1 unspecified atom stereocenters. The summed E-state index contributed by atoms with van der Waals surface area (Å²) in [5, 5.41) is 8.95. The van der Waals surface area contributed by atoms with Crippen LogP contribution in [0.1, 0.15) is 42.4 Å². The van der Waals surface area contributed by atoms with Gasteiger partial charge in [-0.25, -0.2) is 0 Å². The minimum absolute atomic E-state index is 0.283. The van der Waals surface area contributed by atoms with Crippen molar-refractivity contribution in [2.75, 3.05) is 6.61 Å². The minimum atomic E-state index is 0.283. The van der Waals surface area contributed by atoms with Crippen LogP contribution < -0.4 is 0 Å². The SMILES string of the molecule is CCC(CCO)c1ccc(C)c(C)c1. The van der Waals surface area contributed by atoms with Crippen molar-refractivity contribution >= 4 is 0 Å². The summed E-state index contributed by atoms with van der Waals surface area (Å²) in [5.74, 6) is 0.513. The monoisotopic (exact) mass is 192 g/mol. The molecule has 0 aliphatic heterocycles. The molecule has 1 N–H and O–H groups in total. The maximum Gasteiger partial charge on any atom is 0.0436 e. The van der Waals surface area contributed by atoms with Crippen molar-refractivity contribution in [2.24, 2.45) is 0 Å². The molecule has 78 valence electrons. The molecule has 0 spiro atoms. The predicted octanol–water partition coefficient (Wildman–Crippen LogP) is 3.18. The Morgan fingerprint density at radius 3 is 2.43 bits per heavy atom. The number of hydrogen-bond donors (Lipinski definition) is 1. The fourth-order valence-electron chi connectivity index (χ4n) is 1.78. The van der Waals surface area contributed by atoms with Crippen LogP contribution in [0.25, 0.3) is 0 Å². The zero-order chi connectivity index (χ0) is 10.6. The molecule has 0 saturated heterocycles. The molecule has 1 nitrogen and oxygen atoms in total. The Bertz CT molecular complexity index is 291. The summed E-state index contributed by atoms with van der Waals surface area (Å²) >= 11 is 0. The van der Waals surface area contributed by atoms with Gasteiger partial charge in [-0.3, -0.25) is 0 Å². The van der Waals surface area contributed by atoms with Gasteiger partial charge in [0.2, 0.25) is 0 Å². The fourth-order valence-corrected chi connectivity index (χ4v) is 1.78. The van der Waals surface area contributed by atoms with Crippen LogP contribution in [-0.4, -0.2) is 11.7 Å². The Labute approximate surface area is 86.8 Å². The van der Waals surface area contributed by atoms with Crippen LogP contribution in [0.5, 0.6) is 0 Å². The zero-order valence-electron chi connectivity index (χ0n) is 9.38. The molecule has 1 atom stereocenters. The molecule has 1 rings (SSSR count). The second-order valence-corrected chi connectivity index (χ2v) is 3.96. The van der Waals surface area contributed by atoms with Gasteiger partial charge in [0, 0.05) is 6.61 Å². The number of benzene rings is 1. The molecule has 0 bridgehead atoms. The van der Waals surface area contributed by atoms with E-state index in [1.807, 2.05) is 0 Å². The highest BCUT2D eigenvalue weighted by molar-refractivity contribution is 5.31. The summed E-state index contributed by atoms with van der Waals surface area (Å²) in [7, 11) is 0. The lowest BCUT2D eigenvalue weighted by Crippen LogP contribution is -2.01. The molecular formula is C13H20O. The van der Waals surface area contributed by atoms with E-state index in [1.54, 1.807) is 0 Å². The third kappa shape index (κ3) is 2.58. The summed E-state index contributed by atoms with van der Waals surface area (Å²) in [6, 6.07) is 6.61. The van der Waals surface area contributed by atoms with E-state index in [4.69, 9.17) is 5.11 Å². The quantitative estimate of drug-likeness (QED) is 0.776. The van der Waals surface area contributed by atoms with Crippen LogP contribution in [0, 0.1) is 13.8 Å². The van der Waals surface area contributed by atoms with E-state index in [-0.39, 0.29) is 6.61 Å². The maximum absolute atomic E-state index is 8.95. The van der Waals surface area contributed by atoms with E-state index >= 15 is 0 Å². The van der Waals surface area contributed by atoms with Crippen molar-refractivity contribution in [2.45, 2.75) is 39.5 Å². The van der Waals surface area contributed by atoms with Gasteiger partial charge in [0.25, 0.3) is 0 Å². The van der Waals surface area contributed by atoms with Gasteiger partial charge in [0.1, 0.15) is 0 Å². The first-order valence-electron chi connectivity index (χ1n) is 5.37. The highest BCUT2D eigenvalue weighted by Crippen LogP contribution is 2.24. The Morgan fingerprint density at radius 1 is 1.21 bits per heavy atom. The number of aliphatic hydroxyl groups is 1. The molecule has 1 aromatic rings. The Morgan fingerprint density at radius 2 is 1.93 bits per heavy atom. The minimum Gasteiger partial charge on any atom is -0.396 e. The normalized spacial score (nSPS) is 12.9. The average molecular weight is 192 g/mol. The van der Waals surface area contributed by atoms with E-state index < -0.39 is 0 Å². The molecule has 0 radical (unpaired) electrons. The summed E-state index contributed by atoms with van der Waals surface area (Å²) in [4.78, 5) is 0. The molecule has 0 heterocycles. The first kappa shape index (κ1) is 11.3. The summed E-state index contributed by atoms with van der Waals surface area (Å²) in [5.41, 5.74) is 4.05. The van der Waals surface area contributed by atoms with Crippen molar-refractivity contribution in [1.29, 1.82) is 0 Å². The van der Waals surface area contributed by atoms with Gasteiger partial charge in [-0.05, 0) is 49.3 Å². The van der Waals surface area contributed by atoms with E-state index in [2.05, 4.69) is 39.0 Å². The third-order valence-electron chi connectivity index (χ3n) is 2.97. The zero-order valence-corrected chi connectivity index (χ0v) is 9.38. The predicted molar refractivity (Wildman–Crippen MR) is 60.7 cm³/mol. The van der Waals surface area contributed by atoms with Crippen LogP contribution in [0.3, 0.4) is 0 Å². The molecule has 1 heteroatoms. The lowest BCUT2D eigenvalue weighted by Gasteiger charge is -2.15. The van der Waals surface area contributed by atoms with Crippen LogP contribution in [-0.2, 0) is 0 Å². The molecule has 0 aliphatic carbocycles. The smallest absolute Gasteiger partial charge is 0.0436 e. The second kappa shape index (κ2) is 5.16. The Hall–Kier alpha value is -0.820. The molecule has 0 amide bonds. The molecule has 0 aliphatic rings. The van der Waals surface area contributed by atoms with E-state index in [0.29, 0.717) is 5.92 Å². The van der Waals surface area contributed by atoms with E-state index in [9.17, 15) is 0 Å². The third-order valence-corrected chi connectivity index (χ3v) is 2.97. The van der Waals surface area contributed by atoms with Crippen molar-refractivity contribution in [1.82, 2.24) is 0 Å². The van der Waals surface area contributed by atoms with Gasteiger partial charge >= 0.3 is 0 Å². The molecular weight excluding hydrogens is 172 g/mol. The van der Waals surface area contributed by atoms with E-state index in [0.717, 1.165) is 12.8 Å². The van der Waals surface area contributed by atoms with Gasteiger partial charge in [-0.2, -0.15) is 0 Å². The van der Waals surface area contributed by atoms with Crippen molar-refractivity contribution < 1.29 is 5.11 Å². The van der Waals surface area contributed by atoms with Gasteiger partial charge in [-0.1, -0.05) is 25.1 Å². The van der Waals surface area contributed by atoms with Gasteiger partial charge in [0.15, 0.2) is 0 Å². The highest BCUT2D eigenvalue weighted by Gasteiger charge is 2.08. The first-order valence-corrected chi connectivity index (χ1v) is 5.37. The molecule has 1 aromatic carbocycles. The lowest BCUT2D eigenvalue weighted by atomic mass is 9.91. The van der Waals surface area contributed by atoms with Crippen LogP contribution in [0.15, 0.2) is 18.2 Å². The van der Waals surface area contributed by atoms with Crippen LogP contribution in [0.2, 0.25) is 0 Å². The molecule has 0 fully saturated rings. The topological polar surface area (TPSA) is 20.2 Å². The van der Waals surface area contributed by atoms with E-state index in [1.165, 1.54) is 16.7 Å². The number of aliphatic hydroxyl groups excluding tert-OH is 1. The van der Waals surface area contributed by atoms with Crippen molar-refractivity contribution in [3.8, 4) is 0 Å². The fraction of sp³-hybridized carbons (Fsp3) is 0.538.